The predicted molar refractivity (Wildman–Crippen MR) is 256 cm³/mol. The Kier molecular flexibility index (Phi) is 27.4. The summed E-state index contributed by atoms with van der Waals surface area (Å²) in [5.41, 5.74) is 4.49. The van der Waals surface area contributed by atoms with Gasteiger partial charge in [-0.25, -0.2) is 0 Å². The van der Waals surface area contributed by atoms with Gasteiger partial charge in [0.15, 0.2) is 5.78 Å². The van der Waals surface area contributed by atoms with Crippen LogP contribution in [0.5, 0.6) is 0 Å². The van der Waals surface area contributed by atoms with E-state index in [0.717, 1.165) is 29.9 Å². The van der Waals surface area contributed by atoms with E-state index in [2.05, 4.69) is 62.0 Å². The molecule has 0 fully saturated rings. The number of anilines is 2. The first kappa shape index (κ1) is 49.6. The Balaban J connectivity index is 1.22. The van der Waals surface area contributed by atoms with Gasteiger partial charge in [-0.05, 0) is 48.2 Å². The van der Waals surface area contributed by atoms with Crippen molar-refractivity contribution in [1.29, 1.82) is 0 Å². The third-order valence-corrected chi connectivity index (χ3v) is 13.0. The monoisotopic (exact) mass is 799 g/mol. The van der Waals surface area contributed by atoms with Gasteiger partial charge >= 0.3 is 0 Å². The van der Waals surface area contributed by atoms with Crippen molar-refractivity contribution in [3.8, 4) is 0 Å². The molecule has 0 saturated carbocycles. The summed E-state index contributed by atoms with van der Waals surface area (Å²) in [5.74, 6) is -0.332. The molecule has 0 saturated heterocycles. The standard InChI is InChI=1S/C54H90N2O2/c1-5-7-9-11-13-15-17-19-21-23-25-27-29-31-33-35-45-55(3)49-41-37-47(38-42-49)51-53(57)52(54(51)58)48-39-43-50(44-40-48)56(4)46-36-34-32-30-28-26-24-22-20-18-16-14-12-10-8-6-2/h37-44,51,57H,5-36,45-46H2,1-4H3. The van der Waals surface area contributed by atoms with Crippen molar-refractivity contribution in [2.24, 2.45) is 0 Å². The number of aliphatic hydroxyl groups is 1. The van der Waals surface area contributed by atoms with Crippen LogP contribution in [0.2, 0.25) is 0 Å². The Morgan fingerprint density at radius 2 is 0.690 bits per heavy atom. The van der Waals surface area contributed by atoms with Crippen LogP contribution in [0.1, 0.15) is 236 Å². The largest absolute Gasteiger partial charge is 0.510 e. The third-order valence-electron chi connectivity index (χ3n) is 13.0. The number of carbonyl (C=O) groups excluding carboxylic acids is 1. The van der Waals surface area contributed by atoms with Gasteiger partial charge in [0, 0.05) is 38.6 Å². The minimum atomic E-state index is -0.549. The number of Topliss-reactive ketones (excluding diaryl/α,β-unsaturated/α-hetero) is 1. The molecule has 0 heterocycles. The lowest BCUT2D eigenvalue weighted by Gasteiger charge is -2.29. The Morgan fingerprint density at radius 1 is 0.414 bits per heavy atom. The highest BCUT2D eigenvalue weighted by Gasteiger charge is 2.41. The summed E-state index contributed by atoms with van der Waals surface area (Å²) in [6.45, 7) is 6.67. The maximum absolute atomic E-state index is 13.3. The molecular weight excluding hydrogens is 709 g/mol. The zero-order valence-electron chi connectivity index (χ0n) is 38.5. The van der Waals surface area contributed by atoms with Gasteiger partial charge in [0.25, 0.3) is 0 Å². The lowest BCUT2D eigenvalue weighted by Crippen LogP contribution is -2.28. The summed E-state index contributed by atoms with van der Waals surface area (Å²) in [6, 6.07) is 16.4. The number of benzene rings is 2. The van der Waals surface area contributed by atoms with Crippen LogP contribution in [-0.2, 0) is 4.79 Å². The van der Waals surface area contributed by atoms with Gasteiger partial charge in [0.2, 0.25) is 0 Å². The fourth-order valence-electron chi connectivity index (χ4n) is 8.92. The molecule has 58 heavy (non-hydrogen) atoms. The molecule has 3 rings (SSSR count). The topological polar surface area (TPSA) is 43.8 Å². The van der Waals surface area contributed by atoms with Crippen LogP contribution >= 0.6 is 0 Å². The van der Waals surface area contributed by atoms with Crippen molar-refractivity contribution in [2.75, 3.05) is 37.0 Å². The summed E-state index contributed by atoms with van der Waals surface area (Å²) in [5, 5.41) is 11.1. The summed E-state index contributed by atoms with van der Waals surface area (Å²) < 4.78 is 0. The minimum Gasteiger partial charge on any atom is -0.510 e. The average molecular weight is 799 g/mol. The van der Waals surface area contributed by atoms with Gasteiger partial charge in [0.1, 0.15) is 11.7 Å². The third kappa shape index (κ3) is 20.0. The highest BCUT2D eigenvalue weighted by atomic mass is 16.3. The second-order valence-corrected chi connectivity index (χ2v) is 18.1. The Labute approximate surface area is 359 Å². The Hall–Kier alpha value is -2.75. The normalized spacial score (nSPS) is 14.0. The highest BCUT2D eigenvalue weighted by molar-refractivity contribution is 6.31. The fraction of sp³-hybridized carbons (Fsp3) is 0.722. The smallest absolute Gasteiger partial charge is 0.181 e. The van der Waals surface area contributed by atoms with Crippen LogP contribution in [-0.4, -0.2) is 38.1 Å². The second-order valence-electron chi connectivity index (χ2n) is 18.1. The lowest BCUT2D eigenvalue weighted by atomic mass is 9.75. The summed E-state index contributed by atoms with van der Waals surface area (Å²) in [7, 11) is 4.32. The first-order chi connectivity index (χ1) is 28.5. The molecule has 4 nitrogen and oxygen atoms in total. The number of hydrogen-bond donors (Lipinski definition) is 1. The van der Waals surface area contributed by atoms with Crippen molar-refractivity contribution in [1.82, 2.24) is 0 Å². The maximum Gasteiger partial charge on any atom is 0.181 e. The zero-order chi connectivity index (χ0) is 41.5. The van der Waals surface area contributed by atoms with Crippen molar-refractivity contribution < 1.29 is 9.90 Å². The van der Waals surface area contributed by atoms with E-state index in [-0.39, 0.29) is 11.5 Å². The molecule has 1 unspecified atom stereocenters. The molecule has 2 aromatic carbocycles. The molecule has 0 amide bonds. The predicted octanol–water partition coefficient (Wildman–Crippen LogP) is 16.7. The molecule has 0 aliphatic heterocycles. The number of allylic oxidation sites excluding steroid dienone is 2. The number of ketones is 1. The molecule has 0 spiro atoms. The van der Waals surface area contributed by atoms with Crippen LogP contribution in [0.3, 0.4) is 0 Å². The summed E-state index contributed by atoms with van der Waals surface area (Å²) >= 11 is 0. The number of rotatable bonds is 38. The van der Waals surface area contributed by atoms with Gasteiger partial charge in [-0.2, -0.15) is 0 Å². The van der Waals surface area contributed by atoms with Crippen molar-refractivity contribution >= 4 is 22.7 Å². The van der Waals surface area contributed by atoms with E-state index in [1.54, 1.807) is 0 Å². The maximum atomic E-state index is 13.3. The molecular formula is C54H90N2O2. The van der Waals surface area contributed by atoms with Gasteiger partial charge in [-0.1, -0.05) is 231 Å². The molecule has 0 bridgehead atoms. The van der Waals surface area contributed by atoms with Gasteiger partial charge in [0.05, 0.1) is 5.57 Å². The van der Waals surface area contributed by atoms with Crippen molar-refractivity contribution in [2.45, 2.75) is 225 Å². The number of unbranched alkanes of at least 4 members (excludes halogenated alkanes) is 30. The van der Waals surface area contributed by atoms with E-state index < -0.39 is 5.92 Å². The van der Waals surface area contributed by atoms with Crippen LogP contribution in [0.4, 0.5) is 11.4 Å². The van der Waals surface area contributed by atoms with Gasteiger partial charge in [-0.15, -0.1) is 0 Å². The first-order valence-electron chi connectivity index (χ1n) is 25.1. The van der Waals surface area contributed by atoms with Crippen LogP contribution in [0.15, 0.2) is 54.3 Å². The Bertz CT molecular complexity index is 1330. The first-order valence-corrected chi connectivity index (χ1v) is 25.1. The lowest BCUT2D eigenvalue weighted by molar-refractivity contribution is -0.116. The van der Waals surface area contributed by atoms with E-state index in [4.69, 9.17) is 0 Å². The number of aliphatic hydroxyl groups excluding tert-OH is 1. The summed E-state index contributed by atoms with van der Waals surface area (Å²) in [6.07, 6.45) is 44.4. The molecule has 1 aliphatic carbocycles. The van der Waals surface area contributed by atoms with Crippen LogP contribution in [0, 0.1) is 0 Å². The van der Waals surface area contributed by atoms with E-state index >= 15 is 0 Å². The molecule has 1 aliphatic rings. The van der Waals surface area contributed by atoms with E-state index in [9.17, 15) is 9.90 Å². The van der Waals surface area contributed by atoms with Crippen molar-refractivity contribution in [3.05, 3.63) is 65.4 Å². The second kappa shape index (κ2) is 32.1. The van der Waals surface area contributed by atoms with Gasteiger partial charge < -0.3 is 14.9 Å². The molecule has 328 valence electrons. The number of hydrogen-bond acceptors (Lipinski definition) is 4. The SMILES string of the molecule is CCCCCCCCCCCCCCCCCCN(C)c1ccc(C2=C(O)C(c3ccc(N(C)CCCCCCCCCCCCCCCCCC)cc3)C2=O)cc1. The average Bonchev–Trinajstić information content (AvgIpc) is 3.23. The fourth-order valence-corrected chi connectivity index (χ4v) is 8.92. The van der Waals surface area contributed by atoms with Crippen LogP contribution < -0.4 is 9.80 Å². The molecule has 4 heteroatoms. The van der Waals surface area contributed by atoms with E-state index in [0.29, 0.717) is 5.57 Å². The minimum absolute atomic E-state index is 0.0149. The van der Waals surface area contributed by atoms with Gasteiger partial charge in [-0.3, -0.25) is 4.79 Å². The number of nitrogens with zero attached hydrogens (tertiary/aromatic N) is 2. The van der Waals surface area contributed by atoms with Crippen LogP contribution in [0.25, 0.3) is 5.57 Å². The van der Waals surface area contributed by atoms with E-state index in [1.165, 1.54) is 211 Å². The summed E-state index contributed by atoms with van der Waals surface area (Å²) in [4.78, 5) is 18.0. The molecule has 1 atom stereocenters. The highest BCUT2D eigenvalue weighted by Crippen LogP contribution is 2.43. The molecule has 1 N–H and O–H groups in total. The van der Waals surface area contributed by atoms with Crippen molar-refractivity contribution in [3.63, 3.8) is 0 Å². The molecule has 2 aromatic rings. The molecule has 0 aromatic heterocycles. The Morgan fingerprint density at radius 3 is 0.983 bits per heavy atom. The zero-order valence-corrected chi connectivity index (χ0v) is 38.5. The number of carbonyl (C=O) groups is 1. The quantitative estimate of drug-likeness (QED) is 0.0687. The van der Waals surface area contributed by atoms with E-state index in [1.807, 2.05) is 24.3 Å². The molecule has 0 radical (unpaired) electrons.